The van der Waals surface area contributed by atoms with Gasteiger partial charge in [0.05, 0.1) is 10.4 Å². The maximum atomic E-state index is 12.5. The maximum Gasteiger partial charge on any atom is 0.261 e. The number of amides is 1. The Hall–Kier alpha value is -1.81. The Morgan fingerprint density at radius 3 is 2.55 bits per heavy atom. The molecule has 0 atom stereocenters. The molecule has 0 saturated carbocycles. The molecule has 2 aromatic rings. The van der Waals surface area contributed by atoms with E-state index in [9.17, 15) is 9.59 Å². The third kappa shape index (κ3) is 2.31. The summed E-state index contributed by atoms with van der Waals surface area (Å²) in [6.45, 7) is 6.44. The molecule has 1 amide bonds. The van der Waals surface area contributed by atoms with Gasteiger partial charge in [-0.05, 0) is 32.9 Å². The highest BCUT2D eigenvalue weighted by atomic mass is 35.5. The van der Waals surface area contributed by atoms with Crippen molar-refractivity contribution in [2.45, 2.75) is 20.8 Å². The summed E-state index contributed by atoms with van der Waals surface area (Å²) in [5.74, 6) is -0.00405. The van der Waals surface area contributed by atoms with Crippen LogP contribution in [0.4, 0.5) is 0 Å². The van der Waals surface area contributed by atoms with Gasteiger partial charge >= 0.3 is 0 Å². The van der Waals surface area contributed by atoms with Crippen molar-refractivity contribution in [2.75, 3.05) is 13.1 Å². The van der Waals surface area contributed by atoms with Gasteiger partial charge in [-0.3, -0.25) is 9.59 Å². The zero-order valence-electron chi connectivity index (χ0n) is 11.7. The van der Waals surface area contributed by atoms with Crippen molar-refractivity contribution in [3.05, 3.63) is 44.8 Å². The number of carbonyl (C=O) groups is 1. The van der Waals surface area contributed by atoms with E-state index in [4.69, 9.17) is 16.0 Å². The fourth-order valence-electron chi connectivity index (χ4n) is 2.21. The van der Waals surface area contributed by atoms with Gasteiger partial charge in [-0.15, -0.1) is 0 Å². The minimum atomic E-state index is -0.330. The second-order valence-electron chi connectivity index (χ2n) is 4.46. The van der Waals surface area contributed by atoms with Crippen molar-refractivity contribution in [2.24, 2.45) is 0 Å². The van der Waals surface area contributed by atoms with Crippen LogP contribution in [-0.2, 0) is 0 Å². The Kier molecular flexibility index (Phi) is 4.14. The first-order chi connectivity index (χ1) is 9.51. The third-order valence-corrected chi connectivity index (χ3v) is 3.61. The Bertz CT molecular complexity index is 717. The van der Waals surface area contributed by atoms with E-state index >= 15 is 0 Å². The number of hydrogen-bond donors (Lipinski definition) is 0. The molecule has 0 unspecified atom stereocenters. The molecule has 1 heterocycles. The predicted octanol–water partition coefficient (Wildman–Crippen LogP) is 3.24. The number of halogens is 1. The molecule has 0 aliphatic carbocycles. The van der Waals surface area contributed by atoms with E-state index in [0.29, 0.717) is 34.8 Å². The van der Waals surface area contributed by atoms with E-state index < -0.39 is 0 Å². The van der Waals surface area contributed by atoms with E-state index in [2.05, 4.69) is 0 Å². The SMILES string of the molecule is CCN(CC)C(=O)c1c(C)oc2c(Cl)cccc2c1=O. The number of hydrogen-bond acceptors (Lipinski definition) is 3. The van der Waals surface area contributed by atoms with Crippen molar-refractivity contribution >= 4 is 28.5 Å². The van der Waals surface area contributed by atoms with Gasteiger partial charge in [0.1, 0.15) is 11.3 Å². The van der Waals surface area contributed by atoms with Crippen molar-refractivity contribution in [1.29, 1.82) is 0 Å². The Balaban J connectivity index is 2.73. The molecule has 0 radical (unpaired) electrons. The van der Waals surface area contributed by atoms with Crippen LogP contribution in [0.5, 0.6) is 0 Å². The van der Waals surface area contributed by atoms with E-state index in [-0.39, 0.29) is 16.9 Å². The van der Waals surface area contributed by atoms with E-state index in [0.717, 1.165) is 0 Å². The summed E-state index contributed by atoms with van der Waals surface area (Å²) in [6, 6.07) is 4.94. The number of para-hydroxylation sites is 1. The summed E-state index contributed by atoms with van der Waals surface area (Å²) < 4.78 is 5.59. The molecule has 0 bridgehead atoms. The standard InChI is InChI=1S/C15H16ClNO3/c1-4-17(5-2)15(19)12-9(3)20-14-10(13(12)18)7-6-8-11(14)16/h6-8H,4-5H2,1-3H3. The van der Waals surface area contributed by atoms with Crippen LogP contribution < -0.4 is 5.43 Å². The second kappa shape index (κ2) is 5.67. The largest absolute Gasteiger partial charge is 0.459 e. The molecule has 5 heteroatoms. The van der Waals surface area contributed by atoms with E-state index in [1.54, 1.807) is 30.0 Å². The van der Waals surface area contributed by atoms with Gasteiger partial charge in [-0.2, -0.15) is 0 Å². The molecule has 1 aromatic heterocycles. The zero-order chi connectivity index (χ0) is 14.9. The van der Waals surface area contributed by atoms with Gasteiger partial charge in [-0.25, -0.2) is 0 Å². The molecule has 0 saturated heterocycles. The lowest BCUT2D eigenvalue weighted by Gasteiger charge is -2.19. The molecule has 0 fully saturated rings. The summed E-state index contributed by atoms with van der Waals surface area (Å²) in [7, 11) is 0. The van der Waals surface area contributed by atoms with Crippen LogP contribution in [-0.4, -0.2) is 23.9 Å². The predicted molar refractivity (Wildman–Crippen MR) is 79.5 cm³/mol. The first-order valence-electron chi connectivity index (χ1n) is 6.52. The fourth-order valence-corrected chi connectivity index (χ4v) is 2.42. The second-order valence-corrected chi connectivity index (χ2v) is 4.86. The molecule has 20 heavy (non-hydrogen) atoms. The average Bonchev–Trinajstić information content (AvgIpc) is 2.41. The summed E-state index contributed by atoms with van der Waals surface area (Å²) >= 11 is 6.02. The van der Waals surface area contributed by atoms with Crippen LogP contribution in [0.2, 0.25) is 5.02 Å². The minimum Gasteiger partial charge on any atom is -0.459 e. The lowest BCUT2D eigenvalue weighted by molar-refractivity contribution is 0.0768. The number of nitrogens with zero attached hydrogens (tertiary/aromatic N) is 1. The van der Waals surface area contributed by atoms with Crippen molar-refractivity contribution in [3.63, 3.8) is 0 Å². The fraction of sp³-hybridized carbons (Fsp3) is 0.333. The van der Waals surface area contributed by atoms with Gasteiger partial charge in [0.25, 0.3) is 5.91 Å². The third-order valence-electron chi connectivity index (χ3n) is 3.31. The molecule has 4 nitrogen and oxygen atoms in total. The number of aryl methyl sites for hydroxylation is 1. The molecule has 0 spiro atoms. The van der Waals surface area contributed by atoms with Gasteiger partial charge in [-0.1, -0.05) is 17.7 Å². The van der Waals surface area contributed by atoms with Crippen LogP contribution in [0.25, 0.3) is 11.0 Å². The number of carbonyl (C=O) groups excluding carboxylic acids is 1. The normalized spacial score (nSPS) is 10.8. The van der Waals surface area contributed by atoms with Crippen molar-refractivity contribution in [1.82, 2.24) is 4.90 Å². The summed E-state index contributed by atoms with van der Waals surface area (Å²) in [6.07, 6.45) is 0. The lowest BCUT2D eigenvalue weighted by Crippen LogP contribution is -2.34. The highest BCUT2D eigenvalue weighted by molar-refractivity contribution is 6.34. The quantitative estimate of drug-likeness (QED) is 0.873. The van der Waals surface area contributed by atoms with Gasteiger partial charge < -0.3 is 9.32 Å². The van der Waals surface area contributed by atoms with Crippen LogP contribution in [0.3, 0.4) is 0 Å². The maximum absolute atomic E-state index is 12.5. The van der Waals surface area contributed by atoms with Gasteiger partial charge in [0, 0.05) is 13.1 Å². The lowest BCUT2D eigenvalue weighted by atomic mass is 10.1. The molecule has 0 aliphatic heterocycles. The van der Waals surface area contributed by atoms with E-state index in [1.165, 1.54) is 0 Å². The molecule has 0 aliphatic rings. The molecular weight excluding hydrogens is 278 g/mol. The number of rotatable bonds is 3. The highest BCUT2D eigenvalue weighted by Crippen LogP contribution is 2.23. The Morgan fingerprint density at radius 1 is 1.30 bits per heavy atom. The number of fused-ring (bicyclic) bond motifs is 1. The summed E-state index contributed by atoms with van der Waals surface area (Å²) in [5, 5.41) is 0.697. The smallest absolute Gasteiger partial charge is 0.261 e. The van der Waals surface area contributed by atoms with Crippen molar-refractivity contribution in [3.8, 4) is 0 Å². The van der Waals surface area contributed by atoms with E-state index in [1.807, 2.05) is 13.8 Å². The molecule has 2 rings (SSSR count). The zero-order valence-corrected chi connectivity index (χ0v) is 12.5. The Morgan fingerprint density at radius 2 is 1.95 bits per heavy atom. The van der Waals surface area contributed by atoms with Crippen molar-refractivity contribution < 1.29 is 9.21 Å². The Labute approximate surface area is 121 Å². The first kappa shape index (κ1) is 14.6. The van der Waals surface area contributed by atoms with Crippen LogP contribution in [0.1, 0.15) is 30.0 Å². The molecule has 106 valence electrons. The molecule has 1 aromatic carbocycles. The first-order valence-corrected chi connectivity index (χ1v) is 6.90. The average molecular weight is 294 g/mol. The summed E-state index contributed by atoms with van der Waals surface area (Å²) in [5.41, 5.74) is 0.0828. The molecule has 0 N–H and O–H groups in total. The van der Waals surface area contributed by atoms with Crippen LogP contribution >= 0.6 is 11.6 Å². The van der Waals surface area contributed by atoms with Crippen LogP contribution in [0.15, 0.2) is 27.4 Å². The number of benzene rings is 1. The summed E-state index contributed by atoms with van der Waals surface area (Å²) in [4.78, 5) is 26.5. The molecular formula is C15H16ClNO3. The van der Waals surface area contributed by atoms with Gasteiger partial charge in [0.2, 0.25) is 5.43 Å². The van der Waals surface area contributed by atoms with Crippen LogP contribution in [0, 0.1) is 6.92 Å². The minimum absolute atomic E-state index is 0.0865. The topological polar surface area (TPSA) is 50.5 Å². The highest BCUT2D eigenvalue weighted by Gasteiger charge is 2.22. The monoisotopic (exact) mass is 293 g/mol. The van der Waals surface area contributed by atoms with Gasteiger partial charge in [0.15, 0.2) is 5.58 Å².